The molecule has 4 fully saturated rings. The van der Waals surface area contributed by atoms with E-state index in [1.54, 1.807) is 4.90 Å². The van der Waals surface area contributed by atoms with Crippen LogP contribution in [0.4, 0.5) is 4.79 Å². The number of rotatable bonds is 4. The van der Waals surface area contributed by atoms with Crippen molar-refractivity contribution in [3.63, 3.8) is 0 Å². The predicted octanol–water partition coefficient (Wildman–Crippen LogP) is 1.35. The van der Waals surface area contributed by atoms with Crippen LogP contribution in [0.3, 0.4) is 0 Å². The zero-order valence-corrected chi connectivity index (χ0v) is 13.1. The maximum atomic E-state index is 13.0. The van der Waals surface area contributed by atoms with E-state index in [0.29, 0.717) is 25.6 Å². The van der Waals surface area contributed by atoms with E-state index in [1.165, 1.54) is 4.90 Å². The fourth-order valence-corrected chi connectivity index (χ4v) is 4.55. The maximum absolute atomic E-state index is 13.0. The molecule has 0 radical (unpaired) electrons. The Morgan fingerprint density at radius 2 is 1.95 bits per heavy atom. The van der Waals surface area contributed by atoms with E-state index in [2.05, 4.69) is 6.92 Å². The molecule has 120 valence electrons. The molecule has 22 heavy (non-hydrogen) atoms. The highest BCUT2D eigenvalue weighted by Gasteiger charge is 2.61. The second-order valence-electron chi connectivity index (χ2n) is 7.13. The van der Waals surface area contributed by atoms with Crippen LogP contribution >= 0.6 is 0 Å². The summed E-state index contributed by atoms with van der Waals surface area (Å²) in [6.07, 6.45) is 5.74. The summed E-state index contributed by atoms with van der Waals surface area (Å²) in [5, 5.41) is 0. The zero-order valence-electron chi connectivity index (χ0n) is 13.1. The molecule has 0 aromatic heterocycles. The number of hydrogen-bond donors (Lipinski definition) is 0. The highest BCUT2D eigenvalue weighted by molar-refractivity contribution is 6.08. The van der Waals surface area contributed by atoms with Gasteiger partial charge in [0.15, 0.2) is 0 Å². The third-order valence-electron chi connectivity index (χ3n) is 5.70. The van der Waals surface area contributed by atoms with Gasteiger partial charge < -0.3 is 9.80 Å². The summed E-state index contributed by atoms with van der Waals surface area (Å²) in [4.78, 5) is 43.0. The highest BCUT2D eigenvalue weighted by atomic mass is 16.2. The average molecular weight is 305 g/mol. The molecule has 0 aromatic carbocycles. The fourth-order valence-electron chi connectivity index (χ4n) is 4.55. The van der Waals surface area contributed by atoms with E-state index in [-0.39, 0.29) is 23.9 Å². The Labute approximate surface area is 130 Å². The van der Waals surface area contributed by atoms with Crippen molar-refractivity contribution in [2.75, 3.05) is 13.1 Å². The van der Waals surface area contributed by atoms with Crippen LogP contribution in [-0.2, 0) is 9.59 Å². The third-order valence-corrected chi connectivity index (χ3v) is 5.70. The van der Waals surface area contributed by atoms with E-state index >= 15 is 0 Å². The molecule has 0 aromatic rings. The minimum Gasteiger partial charge on any atom is -0.338 e. The van der Waals surface area contributed by atoms with Crippen molar-refractivity contribution in [2.24, 2.45) is 0 Å². The normalized spacial score (nSPS) is 35.0. The summed E-state index contributed by atoms with van der Waals surface area (Å²) in [7, 11) is 0. The molecule has 4 rings (SSSR count). The number of imide groups is 1. The minimum atomic E-state index is -0.609. The second kappa shape index (κ2) is 4.70. The molecule has 0 spiro atoms. The van der Waals surface area contributed by atoms with Gasteiger partial charge in [0.1, 0.15) is 5.54 Å². The number of carbonyl (C=O) groups excluding carboxylic acids is 3. The van der Waals surface area contributed by atoms with E-state index in [0.717, 1.165) is 38.5 Å². The molecule has 1 aliphatic carbocycles. The number of carbonyl (C=O) groups is 3. The van der Waals surface area contributed by atoms with Crippen LogP contribution in [0.15, 0.2) is 0 Å². The quantitative estimate of drug-likeness (QED) is 0.737. The SMILES string of the molecule is CCCC12CCCN1C(=O)N(C1CC(=O)N(C3CC3)C1)C2=O. The number of fused-ring (bicyclic) bond motifs is 1. The summed E-state index contributed by atoms with van der Waals surface area (Å²) in [5.74, 6) is 0.0528. The Hall–Kier alpha value is -1.59. The largest absolute Gasteiger partial charge is 0.338 e. The fraction of sp³-hybridized carbons (Fsp3) is 0.812. The van der Waals surface area contributed by atoms with Crippen LogP contribution < -0.4 is 0 Å². The molecule has 4 aliphatic rings. The van der Waals surface area contributed by atoms with Crippen LogP contribution in [0.2, 0.25) is 0 Å². The summed E-state index contributed by atoms with van der Waals surface area (Å²) >= 11 is 0. The first-order chi connectivity index (χ1) is 10.6. The topological polar surface area (TPSA) is 60.9 Å². The molecule has 0 bridgehead atoms. The van der Waals surface area contributed by atoms with Crippen molar-refractivity contribution in [1.82, 2.24) is 14.7 Å². The van der Waals surface area contributed by atoms with Crippen molar-refractivity contribution in [1.29, 1.82) is 0 Å². The molecule has 1 saturated carbocycles. The van der Waals surface area contributed by atoms with Gasteiger partial charge >= 0.3 is 6.03 Å². The van der Waals surface area contributed by atoms with Gasteiger partial charge in [-0.1, -0.05) is 13.3 Å². The number of nitrogens with zero attached hydrogens (tertiary/aromatic N) is 3. The van der Waals surface area contributed by atoms with Crippen molar-refractivity contribution in [3.8, 4) is 0 Å². The van der Waals surface area contributed by atoms with Gasteiger partial charge in [0.25, 0.3) is 5.91 Å². The van der Waals surface area contributed by atoms with E-state index < -0.39 is 5.54 Å². The van der Waals surface area contributed by atoms with Crippen molar-refractivity contribution < 1.29 is 14.4 Å². The lowest BCUT2D eigenvalue weighted by atomic mass is 9.90. The molecule has 3 aliphatic heterocycles. The first-order valence-corrected chi connectivity index (χ1v) is 8.53. The molecule has 6 nitrogen and oxygen atoms in total. The Bertz CT molecular complexity index is 545. The third kappa shape index (κ3) is 1.75. The van der Waals surface area contributed by atoms with Gasteiger partial charge in [-0.05, 0) is 32.1 Å². The summed E-state index contributed by atoms with van der Waals surface area (Å²) in [6, 6.07) is -0.0615. The van der Waals surface area contributed by atoms with Crippen LogP contribution in [0, 0.1) is 0 Å². The standard InChI is InChI=1S/C16H23N3O3/c1-2-6-16-7-3-8-18(16)15(22)19(14(16)21)12-9-13(20)17(10-12)11-4-5-11/h11-12H,2-10H2,1H3. The van der Waals surface area contributed by atoms with Crippen LogP contribution in [0.25, 0.3) is 0 Å². The van der Waals surface area contributed by atoms with Gasteiger partial charge in [0, 0.05) is 25.6 Å². The second-order valence-corrected chi connectivity index (χ2v) is 7.13. The van der Waals surface area contributed by atoms with E-state index in [1.807, 2.05) is 4.90 Å². The van der Waals surface area contributed by atoms with Gasteiger partial charge in [0.05, 0.1) is 6.04 Å². The highest BCUT2D eigenvalue weighted by Crippen LogP contribution is 2.43. The van der Waals surface area contributed by atoms with Crippen LogP contribution in [0.5, 0.6) is 0 Å². The Morgan fingerprint density at radius 3 is 2.64 bits per heavy atom. The number of urea groups is 1. The lowest BCUT2D eigenvalue weighted by Crippen LogP contribution is -2.46. The molecule has 3 heterocycles. The Morgan fingerprint density at radius 1 is 1.18 bits per heavy atom. The first kappa shape index (κ1) is 14.0. The van der Waals surface area contributed by atoms with E-state index in [9.17, 15) is 14.4 Å². The summed E-state index contributed by atoms with van der Waals surface area (Å²) in [5.41, 5.74) is -0.609. The zero-order chi connectivity index (χ0) is 15.5. The van der Waals surface area contributed by atoms with Gasteiger partial charge in [0.2, 0.25) is 5.91 Å². The van der Waals surface area contributed by atoms with E-state index in [4.69, 9.17) is 0 Å². The van der Waals surface area contributed by atoms with Gasteiger partial charge in [-0.3, -0.25) is 14.5 Å². The number of hydrogen-bond acceptors (Lipinski definition) is 3. The predicted molar refractivity (Wildman–Crippen MR) is 79.0 cm³/mol. The molecule has 3 saturated heterocycles. The summed E-state index contributed by atoms with van der Waals surface area (Å²) < 4.78 is 0. The van der Waals surface area contributed by atoms with Crippen molar-refractivity contribution >= 4 is 17.8 Å². The van der Waals surface area contributed by atoms with Crippen LogP contribution in [0.1, 0.15) is 51.9 Å². The molecular formula is C16H23N3O3. The average Bonchev–Trinajstić information content (AvgIpc) is 3.07. The lowest BCUT2D eigenvalue weighted by molar-refractivity contribution is -0.134. The lowest BCUT2D eigenvalue weighted by Gasteiger charge is -2.27. The Balaban J connectivity index is 1.59. The minimum absolute atomic E-state index is 0.0488. The molecule has 2 unspecified atom stereocenters. The number of likely N-dealkylation sites (tertiary alicyclic amines) is 1. The molecule has 6 heteroatoms. The molecule has 4 amide bonds. The monoisotopic (exact) mass is 305 g/mol. The van der Waals surface area contributed by atoms with Gasteiger partial charge in [-0.2, -0.15) is 0 Å². The smallest absolute Gasteiger partial charge is 0.328 e. The molecule has 0 N–H and O–H groups in total. The number of amides is 4. The molecular weight excluding hydrogens is 282 g/mol. The van der Waals surface area contributed by atoms with Crippen molar-refractivity contribution in [3.05, 3.63) is 0 Å². The van der Waals surface area contributed by atoms with Gasteiger partial charge in [-0.15, -0.1) is 0 Å². The summed E-state index contributed by atoms with van der Waals surface area (Å²) in [6.45, 7) is 3.27. The first-order valence-electron chi connectivity index (χ1n) is 8.53. The Kier molecular flexibility index (Phi) is 3.00. The maximum Gasteiger partial charge on any atom is 0.328 e. The molecule has 2 atom stereocenters. The van der Waals surface area contributed by atoms with Crippen molar-refractivity contribution in [2.45, 2.75) is 69.5 Å². The van der Waals surface area contributed by atoms with Crippen LogP contribution in [-0.4, -0.2) is 63.3 Å². The van der Waals surface area contributed by atoms with Gasteiger partial charge in [-0.25, -0.2) is 4.79 Å².